The molecule has 2 rings (SSSR count). The van der Waals surface area contributed by atoms with Crippen molar-refractivity contribution in [3.63, 3.8) is 0 Å². The first-order valence-electron chi connectivity index (χ1n) is 6.37. The molecule has 0 aromatic heterocycles. The zero-order chi connectivity index (χ0) is 13.1. The molecule has 2 N–H and O–H groups in total. The van der Waals surface area contributed by atoms with Crippen molar-refractivity contribution in [1.82, 2.24) is 4.90 Å². The fraction of sp³-hybridized carbons (Fsp3) is 0.400. The Morgan fingerprint density at radius 2 is 2.11 bits per heavy atom. The average molecular weight is 244 g/mol. The van der Waals surface area contributed by atoms with Crippen LogP contribution in [-0.2, 0) is 4.79 Å². The van der Waals surface area contributed by atoms with Crippen LogP contribution in [0.25, 0.3) is 0 Å². The van der Waals surface area contributed by atoms with Gasteiger partial charge in [0.2, 0.25) is 5.91 Å². The number of carbonyl (C=O) groups is 1. The molecule has 3 nitrogen and oxygen atoms in total. The van der Waals surface area contributed by atoms with Crippen LogP contribution in [0.15, 0.2) is 36.9 Å². The fourth-order valence-electron chi connectivity index (χ4n) is 2.04. The van der Waals surface area contributed by atoms with Crippen LogP contribution >= 0.6 is 0 Å². The summed E-state index contributed by atoms with van der Waals surface area (Å²) in [4.78, 5) is 14.2. The highest BCUT2D eigenvalue weighted by Gasteiger charge is 2.34. The van der Waals surface area contributed by atoms with E-state index in [0.29, 0.717) is 12.6 Å². The summed E-state index contributed by atoms with van der Waals surface area (Å²) in [6.45, 7) is 6.31. The van der Waals surface area contributed by atoms with Crippen LogP contribution in [0.5, 0.6) is 0 Å². The average Bonchev–Trinajstić information content (AvgIpc) is 3.19. The Bertz CT molecular complexity index is 434. The van der Waals surface area contributed by atoms with Gasteiger partial charge in [0.05, 0.1) is 0 Å². The number of benzene rings is 1. The molecular formula is C15H20N2O. The molecule has 1 amide bonds. The lowest BCUT2D eigenvalue weighted by molar-refractivity contribution is -0.132. The normalized spacial score (nSPS) is 16.1. The maximum absolute atomic E-state index is 12.4. The maximum atomic E-state index is 12.4. The maximum Gasteiger partial charge on any atom is 0.244 e. The van der Waals surface area contributed by atoms with E-state index in [1.807, 2.05) is 36.1 Å². The van der Waals surface area contributed by atoms with Gasteiger partial charge in [-0.05, 0) is 25.3 Å². The Morgan fingerprint density at radius 1 is 1.50 bits per heavy atom. The summed E-state index contributed by atoms with van der Waals surface area (Å²) in [5, 5.41) is 0. The lowest BCUT2D eigenvalue weighted by Gasteiger charge is -2.24. The van der Waals surface area contributed by atoms with E-state index < -0.39 is 6.04 Å². The third kappa shape index (κ3) is 2.79. The Labute approximate surface area is 108 Å². The Kier molecular flexibility index (Phi) is 3.82. The Balaban J connectivity index is 2.11. The Hall–Kier alpha value is -1.61. The number of aryl methyl sites for hydroxylation is 1. The van der Waals surface area contributed by atoms with Crippen molar-refractivity contribution in [2.45, 2.75) is 31.8 Å². The van der Waals surface area contributed by atoms with Crippen LogP contribution in [0.3, 0.4) is 0 Å². The van der Waals surface area contributed by atoms with Gasteiger partial charge >= 0.3 is 0 Å². The van der Waals surface area contributed by atoms with E-state index in [9.17, 15) is 4.79 Å². The molecule has 96 valence electrons. The molecule has 1 aliphatic carbocycles. The third-order valence-corrected chi connectivity index (χ3v) is 3.30. The van der Waals surface area contributed by atoms with E-state index in [4.69, 9.17) is 5.73 Å². The molecule has 0 saturated heterocycles. The second-order valence-corrected chi connectivity index (χ2v) is 4.90. The van der Waals surface area contributed by atoms with Crippen LogP contribution in [0.1, 0.15) is 30.0 Å². The summed E-state index contributed by atoms with van der Waals surface area (Å²) in [5.74, 6) is 0.00116. The molecule has 1 unspecified atom stereocenters. The van der Waals surface area contributed by atoms with Crippen LogP contribution in [-0.4, -0.2) is 23.4 Å². The molecule has 0 aliphatic heterocycles. The van der Waals surface area contributed by atoms with Gasteiger partial charge in [-0.25, -0.2) is 0 Å². The van der Waals surface area contributed by atoms with Crippen molar-refractivity contribution in [3.8, 4) is 0 Å². The number of hydrogen-bond acceptors (Lipinski definition) is 2. The van der Waals surface area contributed by atoms with Crippen LogP contribution < -0.4 is 5.73 Å². The van der Waals surface area contributed by atoms with E-state index in [2.05, 4.69) is 6.58 Å². The van der Waals surface area contributed by atoms with Crippen LogP contribution in [0.4, 0.5) is 0 Å². The van der Waals surface area contributed by atoms with E-state index in [1.54, 1.807) is 6.08 Å². The molecule has 0 spiro atoms. The van der Waals surface area contributed by atoms with Gasteiger partial charge in [0.1, 0.15) is 6.04 Å². The molecule has 0 bridgehead atoms. The minimum Gasteiger partial charge on any atom is -0.334 e. The smallest absolute Gasteiger partial charge is 0.244 e. The molecule has 3 heteroatoms. The summed E-state index contributed by atoms with van der Waals surface area (Å²) < 4.78 is 0. The van der Waals surface area contributed by atoms with Crippen molar-refractivity contribution in [2.75, 3.05) is 6.54 Å². The first kappa shape index (κ1) is 12.8. The topological polar surface area (TPSA) is 46.3 Å². The molecule has 1 aromatic rings. The van der Waals surface area contributed by atoms with Crippen molar-refractivity contribution >= 4 is 5.91 Å². The van der Waals surface area contributed by atoms with Gasteiger partial charge in [-0.2, -0.15) is 0 Å². The SMILES string of the molecule is C=CCN(C(=O)C(N)c1ccc(C)cc1)C1CC1. The monoisotopic (exact) mass is 244 g/mol. The van der Waals surface area contributed by atoms with Gasteiger partial charge in [0.25, 0.3) is 0 Å². The van der Waals surface area contributed by atoms with Crippen molar-refractivity contribution in [2.24, 2.45) is 5.73 Å². The lowest BCUT2D eigenvalue weighted by Crippen LogP contribution is -2.40. The molecule has 1 atom stereocenters. The molecule has 1 aromatic carbocycles. The molecule has 0 heterocycles. The molecule has 1 saturated carbocycles. The number of hydrogen-bond donors (Lipinski definition) is 1. The summed E-state index contributed by atoms with van der Waals surface area (Å²) in [6.07, 6.45) is 3.93. The van der Waals surface area contributed by atoms with Crippen LogP contribution in [0.2, 0.25) is 0 Å². The summed E-state index contributed by atoms with van der Waals surface area (Å²) in [7, 11) is 0. The van der Waals surface area contributed by atoms with Gasteiger partial charge in [-0.15, -0.1) is 6.58 Å². The number of nitrogens with zero attached hydrogens (tertiary/aromatic N) is 1. The lowest BCUT2D eigenvalue weighted by atomic mass is 10.0. The van der Waals surface area contributed by atoms with Gasteiger partial charge in [0, 0.05) is 12.6 Å². The van der Waals surface area contributed by atoms with Crippen LogP contribution in [0, 0.1) is 6.92 Å². The Morgan fingerprint density at radius 3 is 2.61 bits per heavy atom. The van der Waals surface area contributed by atoms with Gasteiger partial charge in [-0.3, -0.25) is 4.79 Å². The predicted octanol–water partition coefficient (Wildman–Crippen LogP) is 2.17. The predicted molar refractivity (Wildman–Crippen MR) is 73.0 cm³/mol. The highest BCUT2D eigenvalue weighted by molar-refractivity contribution is 5.83. The standard InChI is InChI=1S/C15H20N2O/c1-3-10-17(13-8-9-13)15(18)14(16)12-6-4-11(2)5-7-12/h3-7,13-14H,1,8-10,16H2,2H3. The molecular weight excluding hydrogens is 224 g/mol. The molecule has 1 fully saturated rings. The second-order valence-electron chi connectivity index (χ2n) is 4.90. The van der Waals surface area contributed by atoms with E-state index in [-0.39, 0.29) is 5.91 Å². The largest absolute Gasteiger partial charge is 0.334 e. The van der Waals surface area contributed by atoms with E-state index in [1.165, 1.54) is 5.56 Å². The zero-order valence-electron chi connectivity index (χ0n) is 10.8. The molecule has 0 radical (unpaired) electrons. The van der Waals surface area contributed by atoms with Crippen molar-refractivity contribution in [1.29, 1.82) is 0 Å². The number of nitrogens with two attached hydrogens (primary N) is 1. The second kappa shape index (κ2) is 5.36. The minimum absolute atomic E-state index is 0.00116. The zero-order valence-corrected chi connectivity index (χ0v) is 10.8. The van der Waals surface area contributed by atoms with Crippen molar-refractivity contribution < 1.29 is 4.79 Å². The summed E-state index contributed by atoms with van der Waals surface area (Å²) in [5.41, 5.74) is 8.11. The van der Waals surface area contributed by atoms with Crippen molar-refractivity contribution in [3.05, 3.63) is 48.0 Å². The fourth-order valence-corrected chi connectivity index (χ4v) is 2.04. The van der Waals surface area contributed by atoms with Gasteiger partial charge in [0.15, 0.2) is 0 Å². The molecule has 18 heavy (non-hydrogen) atoms. The highest BCUT2D eigenvalue weighted by atomic mass is 16.2. The van der Waals surface area contributed by atoms with E-state index in [0.717, 1.165) is 18.4 Å². The number of amides is 1. The minimum atomic E-state index is -0.564. The quantitative estimate of drug-likeness (QED) is 0.807. The van der Waals surface area contributed by atoms with Gasteiger partial charge < -0.3 is 10.6 Å². The first-order chi connectivity index (χ1) is 8.63. The van der Waals surface area contributed by atoms with E-state index >= 15 is 0 Å². The summed E-state index contributed by atoms with van der Waals surface area (Å²) in [6, 6.07) is 7.63. The third-order valence-electron chi connectivity index (χ3n) is 3.30. The number of carbonyl (C=O) groups excluding carboxylic acids is 1. The van der Waals surface area contributed by atoms with Gasteiger partial charge in [-0.1, -0.05) is 35.9 Å². The highest BCUT2D eigenvalue weighted by Crippen LogP contribution is 2.29. The first-order valence-corrected chi connectivity index (χ1v) is 6.37. The molecule has 1 aliphatic rings. The summed E-state index contributed by atoms with van der Waals surface area (Å²) >= 11 is 0. The number of rotatable bonds is 5.